The monoisotopic (exact) mass is 534 g/mol. The summed E-state index contributed by atoms with van der Waals surface area (Å²) in [5.74, 6) is 0.749. The molecule has 1 aromatic heterocycles. The Labute approximate surface area is 200 Å². The van der Waals surface area contributed by atoms with Crippen LogP contribution in [0.4, 0.5) is 11.5 Å². The number of halogens is 2. The van der Waals surface area contributed by atoms with Crippen LogP contribution in [0, 0.1) is 27.7 Å². The van der Waals surface area contributed by atoms with Crippen molar-refractivity contribution in [3.05, 3.63) is 70.2 Å². The van der Waals surface area contributed by atoms with Crippen LogP contribution in [0.15, 0.2) is 46.8 Å². The van der Waals surface area contributed by atoms with E-state index in [-0.39, 0.29) is 11.5 Å². The molecule has 2 N–H and O–H groups in total. The Kier molecular flexibility index (Phi) is 9.82. The molecule has 0 aliphatic heterocycles. The van der Waals surface area contributed by atoms with Crippen LogP contribution in [0.5, 0.6) is 11.5 Å². The van der Waals surface area contributed by atoms with Crippen molar-refractivity contribution in [2.24, 2.45) is 9.98 Å². The molecule has 0 spiro atoms. The van der Waals surface area contributed by atoms with Crippen molar-refractivity contribution in [1.82, 2.24) is 9.97 Å². The molecule has 3 rings (SSSR count). The summed E-state index contributed by atoms with van der Waals surface area (Å²) >= 11 is -0.826. The van der Waals surface area contributed by atoms with E-state index >= 15 is 0 Å². The van der Waals surface area contributed by atoms with E-state index < -0.39 is 20.8 Å². The Morgan fingerprint density at radius 1 is 0.839 bits per heavy atom. The molecule has 0 fully saturated rings. The predicted molar refractivity (Wildman–Crippen MR) is 123 cm³/mol. The van der Waals surface area contributed by atoms with Crippen molar-refractivity contribution < 1.29 is 31.1 Å². The van der Waals surface area contributed by atoms with Crippen LogP contribution >= 0.6 is 17.0 Å². The van der Waals surface area contributed by atoms with Gasteiger partial charge in [-0.1, -0.05) is 12.1 Å². The number of phenolic OH excluding ortho intramolecular Hbond substituents is 2. The predicted octanol–water partition coefficient (Wildman–Crippen LogP) is 6.00. The summed E-state index contributed by atoms with van der Waals surface area (Å²) in [6.07, 6.45) is 6.07. The van der Waals surface area contributed by atoms with Crippen molar-refractivity contribution in [2.75, 3.05) is 0 Å². The molecule has 0 saturated heterocycles. The van der Waals surface area contributed by atoms with E-state index in [9.17, 15) is 10.2 Å². The van der Waals surface area contributed by atoms with Crippen molar-refractivity contribution in [1.29, 1.82) is 0 Å². The molecule has 0 aliphatic rings. The van der Waals surface area contributed by atoms with Crippen molar-refractivity contribution in [2.45, 2.75) is 27.7 Å². The molecule has 3 aromatic rings. The zero-order valence-electron chi connectivity index (χ0n) is 17.6. The van der Waals surface area contributed by atoms with E-state index in [0.29, 0.717) is 22.6 Å². The number of phenols is 2. The third kappa shape index (κ3) is 7.24. The molecular weight excluding hydrogens is 514 g/mol. The maximum atomic E-state index is 10.2. The molecule has 160 valence electrons. The minimum atomic E-state index is -0.826. The number of aromatic nitrogens is 2. The summed E-state index contributed by atoms with van der Waals surface area (Å²) < 4.78 is 0. The molecule has 0 amide bonds. The topological polar surface area (TPSA) is 91.0 Å². The number of benzene rings is 2. The number of rotatable bonds is 4. The molecule has 0 atom stereocenters. The van der Waals surface area contributed by atoms with E-state index in [2.05, 4.69) is 20.0 Å². The van der Waals surface area contributed by atoms with Crippen molar-refractivity contribution in [3.63, 3.8) is 0 Å². The number of aryl methyl sites for hydroxylation is 4. The van der Waals surface area contributed by atoms with Gasteiger partial charge in [0, 0.05) is 23.6 Å². The van der Waals surface area contributed by atoms with Gasteiger partial charge in [-0.25, -0.2) is 15.0 Å². The summed E-state index contributed by atoms with van der Waals surface area (Å²) in [6, 6.07) is 7.52. The zero-order valence-corrected chi connectivity index (χ0v) is 21.5. The van der Waals surface area contributed by atoms with Gasteiger partial charge in [0.15, 0.2) is 5.82 Å². The number of hydrogen-bond donors (Lipinski definition) is 2. The fraction of sp³-hybridized carbons (Fsp3) is 0.182. The average molecular weight is 537 g/mol. The standard InChI is InChI=1S/C22H22N4O2.2ClH.Zr/c1-13-5-15(3)20(27)17(7-13)9-24-19-11-23-12-26-22(19)25-10-18-8-14(2)6-16(4)21(18)28;;;/h5-12,27-28H,1-4H3;2*1H;/q;;;+2/p-2. The second-order valence-corrected chi connectivity index (χ2v) is 10.6. The van der Waals surface area contributed by atoms with E-state index in [1.165, 1.54) is 6.33 Å². The summed E-state index contributed by atoms with van der Waals surface area (Å²) in [7, 11) is 9.87. The molecule has 0 radical (unpaired) electrons. The zero-order chi connectivity index (χ0) is 23.0. The molecule has 1 heterocycles. The first kappa shape index (κ1) is 25.2. The second kappa shape index (κ2) is 12.1. The third-order valence-corrected chi connectivity index (χ3v) is 4.29. The quantitative estimate of drug-likeness (QED) is 0.400. The van der Waals surface area contributed by atoms with Crippen LogP contribution in [0.3, 0.4) is 0 Å². The van der Waals surface area contributed by atoms with Crippen LogP contribution in [-0.4, -0.2) is 32.6 Å². The number of aromatic hydroxyl groups is 2. The van der Waals surface area contributed by atoms with Gasteiger partial charge in [-0.05, 0) is 62.1 Å². The van der Waals surface area contributed by atoms with Crippen molar-refractivity contribution >= 4 is 41.0 Å². The summed E-state index contributed by atoms with van der Waals surface area (Å²) in [5, 5.41) is 20.4. The Hall–Kier alpha value is -2.08. The Bertz CT molecular complexity index is 1030. The van der Waals surface area contributed by atoms with Crippen LogP contribution in [-0.2, 0) is 20.8 Å². The number of hydrogen-bond acceptors (Lipinski definition) is 6. The fourth-order valence-electron chi connectivity index (χ4n) is 2.96. The molecule has 0 unspecified atom stereocenters. The molecule has 6 nitrogen and oxygen atoms in total. The maximum absolute atomic E-state index is 10.2. The SMILES string of the molecule is Cc1cc(C)c(O)c(C=Nc2cncnc2N=Cc2cc(C)cc(C)c2O)c1.[Cl][Zr][Cl]. The molecular formula is C22H22Cl2N4O2Zr. The molecule has 31 heavy (non-hydrogen) atoms. The molecule has 0 saturated carbocycles. The first-order valence-corrected chi connectivity index (χ1v) is 15.5. The molecule has 0 bridgehead atoms. The van der Waals surface area contributed by atoms with E-state index in [0.717, 1.165) is 22.3 Å². The second-order valence-electron chi connectivity index (χ2n) is 6.86. The minimum absolute atomic E-state index is 0.189. The first-order chi connectivity index (χ1) is 14.8. The van der Waals surface area contributed by atoms with Gasteiger partial charge in [0.25, 0.3) is 0 Å². The normalized spacial score (nSPS) is 10.9. The van der Waals surface area contributed by atoms with E-state index in [1.807, 2.05) is 52.0 Å². The van der Waals surface area contributed by atoms with Gasteiger partial charge in [-0.2, -0.15) is 0 Å². The van der Waals surface area contributed by atoms with Gasteiger partial charge >= 0.3 is 37.9 Å². The first-order valence-electron chi connectivity index (χ1n) is 9.21. The Morgan fingerprint density at radius 3 is 1.84 bits per heavy atom. The molecule has 0 aliphatic carbocycles. The van der Waals surface area contributed by atoms with Crippen LogP contribution < -0.4 is 0 Å². The van der Waals surface area contributed by atoms with Gasteiger partial charge in [-0.15, -0.1) is 0 Å². The van der Waals surface area contributed by atoms with Gasteiger partial charge in [0.1, 0.15) is 23.5 Å². The average Bonchev–Trinajstić information content (AvgIpc) is 2.72. The van der Waals surface area contributed by atoms with Gasteiger partial charge in [-0.3, -0.25) is 4.99 Å². The summed E-state index contributed by atoms with van der Waals surface area (Å²) in [4.78, 5) is 17.0. The Balaban J connectivity index is 0.00000107. The molecule has 2 aromatic carbocycles. The van der Waals surface area contributed by atoms with Gasteiger partial charge < -0.3 is 10.2 Å². The number of nitrogens with zero attached hydrogens (tertiary/aromatic N) is 4. The van der Waals surface area contributed by atoms with Gasteiger partial charge in [0.2, 0.25) is 0 Å². The fourth-order valence-corrected chi connectivity index (χ4v) is 2.96. The van der Waals surface area contributed by atoms with Gasteiger partial charge in [0.05, 0.1) is 6.20 Å². The van der Waals surface area contributed by atoms with E-state index in [4.69, 9.17) is 17.0 Å². The van der Waals surface area contributed by atoms with Crippen molar-refractivity contribution in [3.8, 4) is 11.5 Å². The third-order valence-electron chi connectivity index (χ3n) is 4.29. The van der Waals surface area contributed by atoms with Crippen LogP contribution in [0.2, 0.25) is 0 Å². The van der Waals surface area contributed by atoms with Crippen LogP contribution in [0.25, 0.3) is 0 Å². The Morgan fingerprint density at radius 2 is 1.32 bits per heavy atom. The summed E-state index contributed by atoms with van der Waals surface area (Å²) in [5.41, 5.74) is 5.32. The van der Waals surface area contributed by atoms with Crippen LogP contribution in [0.1, 0.15) is 33.4 Å². The molecule has 9 heteroatoms. The summed E-state index contributed by atoms with van der Waals surface area (Å²) in [6.45, 7) is 7.61. The van der Waals surface area contributed by atoms with E-state index in [1.54, 1.807) is 18.6 Å². The number of aliphatic imine (C=N–C) groups is 2.